The van der Waals surface area contributed by atoms with Crippen molar-refractivity contribution in [1.82, 2.24) is 9.62 Å². The van der Waals surface area contributed by atoms with E-state index in [1.165, 1.54) is 4.31 Å². The summed E-state index contributed by atoms with van der Waals surface area (Å²) in [6, 6.07) is 7.50. The van der Waals surface area contributed by atoms with Crippen LogP contribution in [0.5, 0.6) is 0 Å². The van der Waals surface area contributed by atoms with Crippen LogP contribution in [0.3, 0.4) is 0 Å². The molecular formula is C16H24N2O4S. The summed E-state index contributed by atoms with van der Waals surface area (Å²) in [6.45, 7) is 4.89. The predicted molar refractivity (Wildman–Crippen MR) is 88.6 cm³/mol. The lowest BCUT2D eigenvalue weighted by Gasteiger charge is -2.31. The first-order valence-electron chi connectivity index (χ1n) is 7.87. The van der Waals surface area contributed by atoms with E-state index in [4.69, 9.17) is 4.74 Å². The SMILES string of the molecule is CCOC(=O)NC1CCN(S(=O)(=O)Cc2ccc(C)cc2)CC1. The van der Waals surface area contributed by atoms with Crippen molar-refractivity contribution < 1.29 is 17.9 Å². The van der Waals surface area contributed by atoms with Crippen LogP contribution in [-0.4, -0.2) is 44.6 Å². The first kappa shape index (κ1) is 17.7. The van der Waals surface area contributed by atoms with Gasteiger partial charge in [0.05, 0.1) is 12.4 Å². The molecule has 1 fully saturated rings. The number of alkyl carbamates (subject to hydrolysis) is 1. The molecule has 0 unspecified atom stereocenters. The summed E-state index contributed by atoms with van der Waals surface area (Å²) in [5.74, 6) is 0.0171. The molecule has 0 aromatic heterocycles. The highest BCUT2D eigenvalue weighted by Gasteiger charge is 2.28. The van der Waals surface area contributed by atoms with Gasteiger partial charge in [-0.2, -0.15) is 0 Å². The maximum atomic E-state index is 12.5. The number of nitrogens with zero attached hydrogens (tertiary/aromatic N) is 1. The number of benzene rings is 1. The van der Waals surface area contributed by atoms with Gasteiger partial charge in [0.15, 0.2) is 0 Å². The lowest BCUT2D eigenvalue weighted by atomic mass is 10.1. The maximum absolute atomic E-state index is 12.5. The van der Waals surface area contributed by atoms with E-state index in [0.717, 1.165) is 11.1 Å². The van der Waals surface area contributed by atoms with Crippen molar-refractivity contribution in [3.63, 3.8) is 0 Å². The number of amides is 1. The molecule has 6 nitrogen and oxygen atoms in total. The molecule has 0 radical (unpaired) electrons. The van der Waals surface area contributed by atoms with E-state index in [1.807, 2.05) is 31.2 Å². The molecule has 1 aliphatic rings. The van der Waals surface area contributed by atoms with Gasteiger partial charge in [0.25, 0.3) is 0 Å². The topological polar surface area (TPSA) is 75.7 Å². The number of aryl methyl sites for hydroxylation is 1. The second-order valence-electron chi connectivity index (χ2n) is 5.78. The minimum atomic E-state index is -3.32. The zero-order valence-corrected chi connectivity index (χ0v) is 14.4. The normalized spacial score (nSPS) is 17.0. The van der Waals surface area contributed by atoms with Crippen molar-refractivity contribution in [3.8, 4) is 0 Å². The molecule has 23 heavy (non-hydrogen) atoms. The predicted octanol–water partition coefficient (Wildman–Crippen LogP) is 2.04. The fraction of sp³-hybridized carbons (Fsp3) is 0.562. The van der Waals surface area contributed by atoms with Crippen molar-refractivity contribution >= 4 is 16.1 Å². The summed E-state index contributed by atoms with van der Waals surface area (Å²) in [5, 5.41) is 2.77. The summed E-state index contributed by atoms with van der Waals surface area (Å²) in [6.07, 6.45) is 0.770. The van der Waals surface area contributed by atoms with Gasteiger partial charge < -0.3 is 10.1 Å². The van der Waals surface area contributed by atoms with Gasteiger partial charge in [-0.05, 0) is 32.3 Å². The van der Waals surface area contributed by atoms with Gasteiger partial charge in [-0.15, -0.1) is 0 Å². The largest absolute Gasteiger partial charge is 0.450 e. The van der Waals surface area contributed by atoms with Crippen LogP contribution in [0, 0.1) is 6.92 Å². The molecule has 2 rings (SSSR count). The number of hydrogen-bond acceptors (Lipinski definition) is 4. The zero-order chi connectivity index (χ0) is 16.9. The maximum Gasteiger partial charge on any atom is 0.407 e. The summed E-state index contributed by atoms with van der Waals surface area (Å²) in [5.41, 5.74) is 1.90. The second kappa shape index (κ2) is 7.79. The Kier molecular flexibility index (Phi) is 6.01. The van der Waals surface area contributed by atoms with Crippen LogP contribution in [0.2, 0.25) is 0 Å². The van der Waals surface area contributed by atoms with E-state index in [1.54, 1.807) is 6.92 Å². The Balaban J connectivity index is 1.88. The summed E-state index contributed by atoms with van der Waals surface area (Å²) >= 11 is 0. The monoisotopic (exact) mass is 340 g/mol. The van der Waals surface area contributed by atoms with Gasteiger partial charge in [0.2, 0.25) is 10.0 Å². The molecule has 1 amide bonds. The number of sulfonamides is 1. The van der Waals surface area contributed by atoms with Crippen LogP contribution in [0.1, 0.15) is 30.9 Å². The van der Waals surface area contributed by atoms with E-state index in [0.29, 0.717) is 32.5 Å². The van der Waals surface area contributed by atoms with E-state index < -0.39 is 16.1 Å². The van der Waals surface area contributed by atoms with Crippen LogP contribution in [0.4, 0.5) is 4.79 Å². The standard InChI is InChI=1S/C16H24N2O4S/c1-3-22-16(19)17-15-8-10-18(11-9-15)23(20,21)12-14-6-4-13(2)5-7-14/h4-7,15H,3,8-12H2,1-2H3,(H,17,19). The lowest BCUT2D eigenvalue weighted by Crippen LogP contribution is -2.46. The Morgan fingerprint density at radius 1 is 1.26 bits per heavy atom. The molecule has 0 saturated carbocycles. The molecule has 1 saturated heterocycles. The van der Waals surface area contributed by atoms with Crippen LogP contribution in [0.25, 0.3) is 0 Å². The second-order valence-corrected chi connectivity index (χ2v) is 7.75. The van der Waals surface area contributed by atoms with Crippen molar-refractivity contribution in [3.05, 3.63) is 35.4 Å². The van der Waals surface area contributed by atoms with E-state index in [2.05, 4.69) is 5.32 Å². The van der Waals surface area contributed by atoms with Crippen LogP contribution < -0.4 is 5.32 Å². The number of nitrogens with one attached hydrogen (secondary N) is 1. The molecule has 1 N–H and O–H groups in total. The van der Waals surface area contributed by atoms with E-state index >= 15 is 0 Å². The molecular weight excluding hydrogens is 316 g/mol. The van der Waals surface area contributed by atoms with Crippen LogP contribution in [0.15, 0.2) is 24.3 Å². The van der Waals surface area contributed by atoms with Gasteiger partial charge in [-0.1, -0.05) is 29.8 Å². The fourth-order valence-electron chi connectivity index (χ4n) is 2.60. The van der Waals surface area contributed by atoms with Gasteiger partial charge in [-0.25, -0.2) is 17.5 Å². The number of carbonyl (C=O) groups is 1. The molecule has 1 heterocycles. The first-order chi connectivity index (χ1) is 10.9. The summed E-state index contributed by atoms with van der Waals surface area (Å²) in [7, 11) is -3.32. The Morgan fingerprint density at radius 3 is 2.43 bits per heavy atom. The minimum Gasteiger partial charge on any atom is -0.450 e. The molecule has 0 bridgehead atoms. The average Bonchev–Trinajstić information content (AvgIpc) is 2.50. The molecule has 0 atom stereocenters. The molecule has 1 aliphatic heterocycles. The van der Waals surface area contributed by atoms with Gasteiger partial charge >= 0.3 is 6.09 Å². The van der Waals surface area contributed by atoms with Crippen LogP contribution in [-0.2, 0) is 20.5 Å². The molecule has 0 aliphatic carbocycles. The third kappa shape index (κ3) is 5.21. The van der Waals surface area contributed by atoms with Crippen molar-refractivity contribution in [1.29, 1.82) is 0 Å². The molecule has 0 spiro atoms. The van der Waals surface area contributed by atoms with Gasteiger partial charge in [0.1, 0.15) is 0 Å². The third-order valence-corrected chi connectivity index (χ3v) is 5.76. The fourth-order valence-corrected chi connectivity index (χ4v) is 4.17. The van der Waals surface area contributed by atoms with Crippen molar-refractivity contribution in [2.75, 3.05) is 19.7 Å². The van der Waals surface area contributed by atoms with Crippen LogP contribution >= 0.6 is 0 Å². The minimum absolute atomic E-state index is 0.0171. The van der Waals surface area contributed by atoms with E-state index in [9.17, 15) is 13.2 Å². The number of piperidine rings is 1. The smallest absolute Gasteiger partial charge is 0.407 e. The van der Waals surface area contributed by atoms with Crippen molar-refractivity contribution in [2.45, 2.75) is 38.5 Å². The molecule has 1 aromatic rings. The number of rotatable bonds is 5. The highest BCUT2D eigenvalue weighted by atomic mass is 32.2. The number of ether oxygens (including phenoxy) is 1. The zero-order valence-electron chi connectivity index (χ0n) is 13.6. The average molecular weight is 340 g/mol. The van der Waals surface area contributed by atoms with Gasteiger partial charge in [0, 0.05) is 19.1 Å². The van der Waals surface area contributed by atoms with Crippen molar-refractivity contribution in [2.24, 2.45) is 0 Å². The lowest BCUT2D eigenvalue weighted by molar-refractivity contribution is 0.143. The molecule has 128 valence electrons. The number of carbonyl (C=O) groups excluding carboxylic acids is 1. The molecule has 7 heteroatoms. The Bertz CT molecular complexity index is 620. The Morgan fingerprint density at radius 2 is 1.87 bits per heavy atom. The number of hydrogen-bond donors (Lipinski definition) is 1. The first-order valence-corrected chi connectivity index (χ1v) is 9.48. The summed E-state index contributed by atoms with van der Waals surface area (Å²) < 4.78 is 31.3. The third-order valence-electron chi connectivity index (χ3n) is 3.91. The quantitative estimate of drug-likeness (QED) is 0.890. The summed E-state index contributed by atoms with van der Waals surface area (Å²) in [4.78, 5) is 11.4. The van der Waals surface area contributed by atoms with Gasteiger partial charge in [-0.3, -0.25) is 0 Å². The Labute approximate surface area is 137 Å². The molecule has 1 aromatic carbocycles. The Hall–Kier alpha value is -1.60. The van der Waals surface area contributed by atoms with E-state index in [-0.39, 0.29) is 11.8 Å². The highest BCUT2D eigenvalue weighted by Crippen LogP contribution is 2.18. The highest BCUT2D eigenvalue weighted by molar-refractivity contribution is 7.88.